The summed E-state index contributed by atoms with van der Waals surface area (Å²) in [5.74, 6) is 1.79. The van der Waals surface area contributed by atoms with E-state index in [0.717, 1.165) is 17.7 Å². The largest absolute Gasteiger partial charge is 0.508 e. The number of phenolic OH excluding ortho intramolecular Hbond substituents is 1. The molecule has 0 spiro atoms. The number of benzene rings is 2. The summed E-state index contributed by atoms with van der Waals surface area (Å²) in [5.41, 5.74) is -2.72. The lowest BCUT2D eigenvalue weighted by molar-refractivity contribution is 0.107. The van der Waals surface area contributed by atoms with E-state index in [1.807, 2.05) is 4.90 Å². The molecule has 5 fully saturated rings. The highest BCUT2D eigenvalue weighted by Gasteiger charge is 2.49. The van der Waals surface area contributed by atoms with Crippen molar-refractivity contribution in [1.29, 1.82) is 0 Å². The van der Waals surface area contributed by atoms with E-state index >= 15 is 4.39 Å². The van der Waals surface area contributed by atoms with Crippen LogP contribution in [0.3, 0.4) is 0 Å². The molecule has 11 heteroatoms. The van der Waals surface area contributed by atoms with Crippen molar-refractivity contribution in [2.75, 3.05) is 37.6 Å². The van der Waals surface area contributed by atoms with Crippen molar-refractivity contribution in [1.82, 2.24) is 24.8 Å². The molecule has 5 aliphatic rings. The molecule has 2 aromatic heterocycles. The van der Waals surface area contributed by atoms with Gasteiger partial charge >= 0.3 is 6.01 Å². The molecule has 226 valence electrons. The fraction of sp³-hybridized carbons (Fsp3) is 0.424. The number of aromatic hydroxyl groups is 1. The van der Waals surface area contributed by atoms with Crippen LogP contribution in [0.15, 0.2) is 41.3 Å². The lowest BCUT2D eigenvalue weighted by atomic mass is 9.93. The Balaban J connectivity index is 1.32. The van der Waals surface area contributed by atoms with E-state index in [1.165, 1.54) is 35.0 Å². The fourth-order valence-electron chi connectivity index (χ4n) is 7.14. The van der Waals surface area contributed by atoms with E-state index in [0.29, 0.717) is 29.7 Å². The number of rotatable bonds is 5. The molecule has 5 saturated heterocycles. The molecule has 2 aromatic carbocycles. The summed E-state index contributed by atoms with van der Waals surface area (Å²) in [6, 6.07) is 6.57. The van der Waals surface area contributed by atoms with Gasteiger partial charge in [-0.1, -0.05) is 12.0 Å². The van der Waals surface area contributed by atoms with Gasteiger partial charge in [0.25, 0.3) is 5.56 Å². The quantitative estimate of drug-likeness (QED) is 0.334. The maximum atomic E-state index is 15.2. The summed E-state index contributed by atoms with van der Waals surface area (Å²) in [5, 5.41) is 15.0. The number of phenols is 1. The standard InChI is InChI=1S/C33H32F2N6O3/c1-2-24-26(35)7-4-19-12-23(42)13-27(28(19)24)40-11-8-25-29(31(40)43)37-32(38-30(25)41-17-21-5-6-22(41)15-36-21)44-18-33-9-3-10-39(33)16-20(34)14-33/h1,4,7-8,11-13,20-22,36,42H,3,5-6,9-10,14-18H2/t20-,21?,22?,33+/m1/s1/i10D2,18D2,20D. The van der Waals surface area contributed by atoms with Gasteiger partial charge in [0.2, 0.25) is 0 Å². The van der Waals surface area contributed by atoms with Gasteiger partial charge in [-0.25, -0.2) is 8.78 Å². The van der Waals surface area contributed by atoms with E-state index in [2.05, 4.69) is 21.2 Å². The summed E-state index contributed by atoms with van der Waals surface area (Å²) >= 11 is 0. The van der Waals surface area contributed by atoms with Crippen LogP contribution in [0.1, 0.15) is 44.5 Å². The van der Waals surface area contributed by atoms with E-state index in [1.54, 1.807) is 6.07 Å². The summed E-state index contributed by atoms with van der Waals surface area (Å²) in [6.07, 6.45) is 5.46. The van der Waals surface area contributed by atoms with E-state index < -0.39 is 55.1 Å². The van der Waals surface area contributed by atoms with E-state index in [4.69, 9.17) is 18.0 Å². The molecule has 2 unspecified atom stereocenters. The monoisotopic (exact) mass is 603 g/mol. The second-order valence-corrected chi connectivity index (χ2v) is 11.9. The molecule has 0 radical (unpaired) electrons. The van der Waals surface area contributed by atoms with Crippen LogP contribution in [-0.4, -0.2) is 81.0 Å². The number of piperazine rings is 1. The predicted octanol–water partition coefficient (Wildman–Crippen LogP) is 3.66. The second kappa shape index (κ2) is 10.1. The van der Waals surface area contributed by atoms with Crippen molar-refractivity contribution in [3.63, 3.8) is 0 Å². The van der Waals surface area contributed by atoms with Gasteiger partial charge in [0.1, 0.15) is 35.6 Å². The highest BCUT2D eigenvalue weighted by Crippen LogP contribution is 2.41. The second-order valence-electron chi connectivity index (χ2n) is 11.9. The van der Waals surface area contributed by atoms with Crippen LogP contribution < -0.4 is 20.5 Å². The molecule has 4 atom stereocenters. The number of piperidine rings is 2. The number of fused-ring (bicyclic) bond motifs is 6. The molecule has 0 aliphatic carbocycles. The Kier molecular flexibility index (Phi) is 5.13. The number of aromatic nitrogens is 3. The Morgan fingerprint density at radius 1 is 1.30 bits per heavy atom. The van der Waals surface area contributed by atoms with Crippen LogP contribution >= 0.6 is 0 Å². The van der Waals surface area contributed by atoms with Gasteiger partial charge in [0, 0.05) is 58.5 Å². The Morgan fingerprint density at radius 3 is 2.95 bits per heavy atom. The minimum Gasteiger partial charge on any atom is -0.508 e. The zero-order chi connectivity index (χ0) is 34.7. The van der Waals surface area contributed by atoms with Crippen molar-refractivity contribution in [2.45, 2.75) is 55.9 Å². The maximum Gasteiger partial charge on any atom is 0.319 e. The molecule has 4 aromatic rings. The van der Waals surface area contributed by atoms with Crippen molar-refractivity contribution >= 4 is 27.5 Å². The molecule has 44 heavy (non-hydrogen) atoms. The van der Waals surface area contributed by atoms with Gasteiger partial charge < -0.3 is 20.1 Å². The number of terminal acetylenes is 1. The molecular weight excluding hydrogens is 566 g/mol. The maximum absolute atomic E-state index is 15.2. The third kappa shape index (κ3) is 4.23. The summed E-state index contributed by atoms with van der Waals surface area (Å²) in [7, 11) is 0. The lowest BCUT2D eigenvalue weighted by Gasteiger charge is -2.46. The van der Waals surface area contributed by atoms with Crippen molar-refractivity contribution in [2.24, 2.45) is 0 Å². The molecule has 0 amide bonds. The first-order chi connectivity index (χ1) is 23.1. The minimum absolute atomic E-state index is 0.00720. The fourth-order valence-corrected chi connectivity index (χ4v) is 7.14. The third-order valence-electron chi connectivity index (χ3n) is 9.28. The Bertz CT molecular complexity index is 2150. The zero-order valence-electron chi connectivity index (χ0n) is 28.6. The minimum atomic E-state index is -2.78. The topological polar surface area (TPSA) is 95.8 Å². The summed E-state index contributed by atoms with van der Waals surface area (Å²) < 4.78 is 80.2. The molecule has 9 nitrogen and oxygen atoms in total. The third-order valence-corrected chi connectivity index (χ3v) is 9.28. The predicted molar refractivity (Wildman–Crippen MR) is 163 cm³/mol. The van der Waals surface area contributed by atoms with Gasteiger partial charge in [0.15, 0.2) is 0 Å². The first-order valence-electron chi connectivity index (χ1n) is 17.1. The highest BCUT2D eigenvalue weighted by atomic mass is 19.1. The molecule has 9 rings (SSSR count). The Labute approximate surface area is 259 Å². The number of alkyl halides is 1. The van der Waals surface area contributed by atoms with Crippen LogP contribution in [0.2, 0.25) is 0 Å². The number of nitrogens with zero attached hydrogens (tertiary/aromatic N) is 5. The van der Waals surface area contributed by atoms with Crippen LogP contribution in [-0.2, 0) is 0 Å². The normalized spacial score (nSPS) is 31.2. The average Bonchev–Trinajstić information content (AvgIpc) is 3.50. The van der Waals surface area contributed by atoms with E-state index in [9.17, 15) is 14.3 Å². The van der Waals surface area contributed by atoms with Crippen LogP contribution in [0, 0.1) is 18.2 Å². The van der Waals surface area contributed by atoms with Crippen molar-refractivity contribution in [3.8, 4) is 29.8 Å². The van der Waals surface area contributed by atoms with Crippen LogP contribution in [0.5, 0.6) is 11.8 Å². The first-order valence-corrected chi connectivity index (χ1v) is 14.6. The van der Waals surface area contributed by atoms with Gasteiger partial charge in [-0.3, -0.25) is 14.3 Å². The molecule has 2 bridgehead atoms. The summed E-state index contributed by atoms with van der Waals surface area (Å²) in [6.45, 7) is -4.28. The van der Waals surface area contributed by atoms with E-state index in [-0.39, 0.29) is 52.8 Å². The number of pyridine rings is 1. The zero-order valence-corrected chi connectivity index (χ0v) is 23.6. The number of halogens is 2. The van der Waals surface area contributed by atoms with Crippen LogP contribution in [0.25, 0.3) is 27.4 Å². The smallest absolute Gasteiger partial charge is 0.319 e. The van der Waals surface area contributed by atoms with Gasteiger partial charge in [0.05, 0.1) is 26.3 Å². The molecule has 7 heterocycles. The number of anilines is 1. The number of hydrogen-bond donors (Lipinski definition) is 2. The molecule has 5 aliphatic heterocycles. The number of hydrogen-bond acceptors (Lipinski definition) is 8. The lowest BCUT2D eigenvalue weighted by Crippen LogP contribution is -2.61. The summed E-state index contributed by atoms with van der Waals surface area (Å²) in [4.78, 5) is 26.5. The Morgan fingerprint density at radius 2 is 2.18 bits per heavy atom. The van der Waals surface area contributed by atoms with Gasteiger partial charge in [-0.15, -0.1) is 6.42 Å². The van der Waals surface area contributed by atoms with Crippen LogP contribution in [0.4, 0.5) is 14.6 Å². The SMILES string of the molecule is [2H]C1([2H])CC[C@@]2(C([2H])([2H])Oc3nc(N4CC5CCC4CN5)c4ccn(-c5cc(O)cc6ccc(F)c(C#C)c56)c(=O)c4n3)C[C@@]([2H])(F)CN12. The molecular formula is C33H32F2N6O3. The first kappa shape index (κ1) is 22.3. The number of nitrogens with one attached hydrogen (secondary N) is 1. The van der Waals surface area contributed by atoms with Crippen molar-refractivity contribution < 1.29 is 25.5 Å². The van der Waals surface area contributed by atoms with Crippen molar-refractivity contribution in [3.05, 3.63) is 58.3 Å². The number of ether oxygens (including phenoxy) is 1. The molecule has 0 saturated carbocycles. The van der Waals surface area contributed by atoms with Gasteiger partial charge in [-0.05, 0) is 55.8 Å². The molecule has 2 N–H and O–H groups in total. The Hall–Kier alpha value is -4.27. The van der Waals surface area contributed by atoms with Gasteiger partial charge in [-0.2, -0.15) is 9.97 Å². The average molecular weight is 604 g/mol. The highest BCUT2D eigenvalue weighted by molar-refractivity contribution is 5.97.